The maximum Gasteiger partial charge on any atom is 0.416 e. The molecule has 0 amide bonds. The van der Waals surface area contributed by atoms with E-state index in [1.54, 1.807) is 41.0 Å². The maximum absolute atomic E-state index is 12.9. The highest BCUT2D eigenvalue weighted by atomic mass is 32.2. The number of fused-ring (bicyclic) bond motifs is 1. The number of pyridine rings is 1. The summed E-state index contributed by atoms with van der Waals surface area (Å²) in [6.07, 6.45) is -1.27. The molecule has 2 aromatic carbocycles. The number of anilines is 1. The molecule has 2 heterocycles. The zero-order valence-electron chi connectivity index (χ0n) is 15.7. The third-order valence-electron chi connectivity index (χ3n) is 4.79. The van der Waals surface area contributed by atoms with Crippen LogP contribution in [0.25, 0.3) is 16.6 Å². The second kappa shape index (κ2) is 7.17. The Kier molecular flexibility index (Phi) is 4.77. The van der Waals surface area contributed by atoms with Crippen LogP contribution in [0.15, 0.2) is 84.0 Å². The summed E-state index contributed by atoms with van der Waals surface area (Å²) in [6.45, 7) is 0. The van der Waals surface area contributed by atoms with Gasteiger partial charge in [0.15, 0.2) is 0 Å². The van der Waals surface area contributed by atoms with Crippen LogP contribution in [0.1, 0.15) is 5.56 Å². The fraction of sp³-hybridized carbons (Fsp3) is 0.0952. The largest absolute Gasteiger partial charge is 0.416 e. The van der Waals surface area contributed by atoms with Crippen molar-refractivity contribution in [1.29, 1.82) is 0 Å². The highest BCUT2D eigenvalue weighted by Crippen LogP contribution is 2.33. The van der Waals surface area contributed by atoms with Crippen LogP contribution in [0, 0.1) is 0 Å². The Morgan fingerprint density at radius 2 is 1.63 bits per heavy atom. The number of hydrogen-bond acceptors (Lipinski definition) is 3. The van der Waals surface area contributed by atoms with Crippen LogP contribution in [-0.4, -0.2) is 25.1 Å². The average molecular weight is 431 g/mol. The van der Waals surface area contributed by atoms with Gasteiger partial charge in [-0.1, -0.05) is 30.3 Å². The van der Waals surface area contributed by atoms with Gasteiger partial charge >= 0.3 is 6.18 Å². The summed E-state index contributed by atoms with van der Waals surface area (Å²) in [7, 11) is -2.32. The van der Waals surface area contributed by atoms with E-state index in [4.69, 9.17) is 0 Å². The van der Waals surface area contributed by atoms with Crippen molar-refractivity contribution >= 4 is 21.2 Å². The lowest BCUT2D eigenvalue weighted by Gasteiger charge is -2.19. The van der Waals surface area contributed by atoms with Gasteiger partial charge in [0.25, 0.3) is 10.0 Å². The van der Waals surface area contributed by atoms with E-state index in [0.29, 0.717) is 22.3 Å². The third-order valence-corrected chi connectivity index (χ3v) is 6.59. The second-order valence-electron chi connectivity index (χ2n) is 6.63. The first kappa shape index (κ1) is 20.0. The molecule has 0 atom stereocenters. The Hall–Kier alpha value is -3.33. The first-order valence-electron chi connectivity index (χ1n) is 8.87. The van der Waals surface area contributed by atoms with Crippen LogP contribution in [0.3, 0.4) is 0 Å². The van der Waals surface area contributed by atoms with E-state index in [1.165, 1.54) is 37.5 Å². The summed E-state index contributed by atoms with van der Waals surface area (Å²) in [4.78, 5) is 0.156. The third kappa shape index (κ3) is 3.52. The Morgan fingerprint density at radius 1 is 0.967 bits per heavy atom. The summed E-state index contributed by atoms with van der Waals surface area (Å²) in [5.74, 6) is 0. The highest BCUT2D eigenvalue weighted by molar-refractivity contribution is 7.92. The maximum atomic E-state index is 12.9. The first-order valence-corrected chi connectivity index (χ1v) is 10.3. The van der Waals surface area contributed by atoms with Gasteiger partial charge in [-0.05, 0) is 42.0 Å². The molecule has 0 aliphatic heterocycles. The first-order chi connectivity index (χ1) is 14.2. The zero-order valence-corrected chi connectivity index (χ0v) is 16.5. The average Bonchev–Trinajstić information content (AvgIpc) is 3.16. The van der Waals surface area contributed by atoms with Crippen molar-refractivity contribution in [3.63, 3.8) is 0 Å². The van der Waals surface area contributed by atoms with E-state index in [2.05, 4.69) is 5.10 Å². The van der Waals surface area contributed by atoms with Crippen LogP contribution < -0.4 is 4.31 Å². The summed E-state index contributed by atoms with van der Waals surface area (Å²) >= 11 is 0. The van der Waals surface area contributed by atoms with Gasteiger partial charge in [0, 0.05) is 18.8 Å². The zero-order chi connectivity index (χ0) is 21.5. The van der Waals surface area contributed by atoms with Crippen molar-refractivity contribution in [1.82, 2.24) is 9.61 Å². The molecule has 0 fully saturated rings. The molecule has 0 unspecified atom stereocenters. The van der Waals surface area contributed by atoms with Gasteiger partial charge in [0.2, 0.25) is 0 Å². The van der Waals surface area contributed by atoms with Crippen LogP contribution in [0.4, 0.5) is 18.9 Å². The molecule has 0 aliphatic carbocycles. The molecule has 4 aromatic rings. The van der Waals surface area contributed by atoms with Crippen molar-refractivity contribution in [3.8, 4) is 11.1 Å². The number of rotatable bonds is 4. The van der Waals surface area contributed by atoms with Crippen molar-refractivity contribution in [2.75, 3.05) is 11.4 Å². The number of aromatic nitrogens is 2. The van der Waals surface area contributed by atoms with E-state index < -0.39 is 21.8 Å². The number of sulfonamides is 1. The lowest BCUT2D eigenvalue weighted by molar-refractivity contribution is -0.137. The monoisotopic (exact) mass is 431 g/mol. The van der Waals surface area contributed by atoms with E-state index in [0.717, 1.165) is 16.4 Å². The topological polar surface area (TPSA) is 54.7 Å². The molecule has 0 N–H and O–H groups in total. The van der Waals surface area contributed by atoms with Crippen molar-refractivity contribution in [2.45, 2.75) is 11.1 Å². The van der Waals surface area contributed by atoms with E-state index in [-0.39, 0.29) is 4.90 Å². The van der Waals surface area contributed by atoms with Gasteiger partial charge in [-0.25, -0.2) is 12.9 Å². The Balaban J connectivity index is 1.75. The fourth-order valence-electron chi connectivity index (χ4n) is 3.12. The van der Waals surface area contributed by atoms with Gasteiger partial charge in [0.1, 0.15) is 0 Å². The van der Waals surface area contributed by atoms with Gasteiger partial charge < -0.3 is 0 Å². The molecule has 0 saturated heterocycles. The predicted molar refractivity (Wildman–Crippen MR) is 108 cm³/mol. The van der Waals surface area contributed by atoms with Gasteiger partial charge in [-0.2, -0.15) is 18.3 Å². The lowest BCUT2D eigenvalue weighted by Crippen LogP contribution is -2.26. The minimum atomic E-state index is -4.42. The second-order valence-corrected chi connectivity index (χ2v) is 8.60. The van der Waals surface area contributed by atoms with E-state index >= 15 is 0 Å². The molecule has 0 bridgehead atoms. The minimum Gasteiger partial charge on any atom is -0.269 e. The quantitative estimate of drug-likeness (QED) is 0.464. The van der Waals surface area contributed by atoms with Crippen molar-refractivity contribution in [3.05, 3.63) is 84.7 Å². The van der Waals surface area contributed by atoms with Gasteiger partial charge in [-0.3, -0.25) is 4.31 Å². The summed E-state index contributed by atoms with van der Waals surface area (Å²) in [6, 6.07) is 16.0. The molecular weight excluding hydrogens is 415 g/mol. The van der Waals surface area contributed by atoms with E-state index in [9.17, 15) is 21.6 Å². The van der Waals surface area contributed by atoms with Crippen LogP contribution in [0.5, 0.6) is 0 Å². The van der Waals surface area contributed by atoms with Gasteiger partial charge in [0.05, 0.1) is 27.9 Å². The summed E-state index contributed by atoms with van der Waals surface area (Å²) in [5, 5.41) is 4.21. The van der Waals surface area contributed by atoms with Crippen LogP contribution >= 0.6 is 0 Å². The molecule has 0 spiro atoms. The standard InChI is InChI=1S/C21H16F3N3O2S/c1-26(30(28,29)18-5-3-2-4-6-18)17-11-12-27-20(13-17)19(14-25-27)15-7-9-16(10-8-15)21(22,23)24/h2-14H,1H3. The smallest absolute Gasteiger partial charge is 0.269 e. The molecule has 0 aliphatic rings. The number of hydrogen-bond donors (Lipinski definition) is 0. The molecule has 2 aromatic heterocycles. The molecule has 0 saturated carbocycles. The number of alkyl halides is 3. The van der Waals surface area contributed by atoms with Crippen molar-refractivity contribution < 1.29 is 21.6 Å². The predicted octanol–water partition coefficient (Wildman–Crippen LogP) is 4.85. The number of halogens is 3. The lowest BCUT2D eigenvalue weighted by atomic mass is 10.0. The van der Waals surface area contributed by atoms with E-state index in [1.807, 2.05) is 0 Å². The Morgan fingerprint density at radius 3 is 2.27 bits per heavy atom. The van der Waals surface area contributed by atoms with Gasteiger partial charge in [-0.15, -0.1) is 0 Å². The molecule has 0 radical (unpaired) electrons. The molecule has 154 valence electrons. The normalized spacial score (nSPS) is 12.3. The van der Waals surface area contributed by atoms with Crippen LogP contribution in [0.2, 0.25) is 0 Å². The highest BCUT2D eigenvalue weighted by Gasteiger charge is 2.30. The summed E-state index contributed by atoms with van der Waals surface area (Å²) in [5.41, 5.74) is 1.37. The molecular formula is C21H16F3N3O2S. The molecule has 4 rings (SSSR count). The molecule has 5 nitrogen and oxygen atoms in total. The van der Waals surface area contributed by atoms with Crippen molar-refractivity contribution in [2.24, 2.45) is 0 Å². The van der Waals surface area contributed by atoms with Crippen LogP contribution in [-0.2, 0) is 16.2 Å². The number of nitrogens with zero attached hydrogens (tertiary/aromatic N) is 3. The Labute approximate surface area is 171 Å². The number of benzene rings is 2. The Bertz CT molecular complexity index is 1300. The minimum absolute atomic E-state index is 0.156. The molecule has 9 heteroatoms. The fourth-order valence-corrected chi connectivity index (χ4v) is 4.32. The SMILES string of the molecule is CN(c1ccn2ncc(-c3ccc(C(F)(F)F)cc3)c2c1)S(=O)(=O)c1ccccc1. The summed E-state index contributed by atoms with van der Waals surface area (Å²) < 4.78 is 67.0. The molecule has 30 heavy (non-hydrogen) atoms.